The van der Waals surface area contributed by atoms with Crippen LogP contribution in [0, 0.1) is 5.92 Å². The van der Waals surface area contributed by atoms with Crippen LogP contribution in [0.3, 0.4) is 0 Å². The molecule has 0 amide bonds. The number of hydrogen-bond donors (Lipinski definition) is 1. The molecular formula is C23H41NO3. The van der Waals surface area contributed by atoms with Crippen molar-refractivity contribution in [3.63, 3.8) is 0 Å². The summed E-state index contributed by atoms with van der Waals surface area (Å²) >= 11 is 0. The minimum atomic E-state index is -0.949. The van der Waals surface area contributed by atoms with Crippen molar-refractivity contribution in [2.24, 2.45) is 5.92 Å². The van der Waals surface area contributed by atoms with Crippen molar-refractivity contribution in [2.75, 3.05) is 26.6 Å². The van der Waals surface area contributed by atoms with E-state index in [9.17, 15) is 0 Å². The van der Waals surface area contributed by atoms with Crippen molar-refractivity contribution in [1.29, 1.82) is 0 Å². The van der Waals surface area contributed by atoms with E-state index in [1.165, 1.54) is 38.5 Å². The second kappa shape index (κ2) is 14.0. The molecule has 2 atom stereocenters. The van der Waals surface area contributed by atoms with Crippen LogP contribution < -0.4 is 5.32 Å². The molecule has 0 bridgehead atoms. The molecule has 0 aliphatic carbocycles. The standard InChI is InChI=1S/C23H41NO3/c1-6-7-8-9-10-12-15-21(23(25-3,26-4)27-5)19-18-20(2)24-22-16-13-11-14-17-22/h11,13-14,16-17,20-21,24H,6-10,12,15,18-19H2,1-5H3. The maximum absolute atomic E-state index is 5.68. The van der Waals surface area contributed by atoms with Gasteiger partial charge in [0.05, 0.1) is 0 Å². The highest BCUT2D eigenvalue weighted by Gasteiger charge is 2.39. The predicted octanol–water partition coefficient (Wildman–Crippen LogP) is 6.23. The van der Waals surface area contributed by atoms with Gasteiger partial charge in [-0.05, 0) is 38.3 Å². The molecule has 27 heavy (non-hydrogen) atoms. The second-order valence-corrected chi connectivity index (χ2v) is 7.46. The minimum Gasteiger partial charge on any atom is -0.383 e. The van der Waals surface area contributed by atoms with Crippen LogP contribution >= 0.6 is 0 Å². The Morgan fingerprint density at radius 3 is 2.00 bits per heavy atom. The van der Waals surface area contributed by atoms with Crippen molar-refractivity contribution in [1.82, 2.24) is 0 Å². The molecule has 0 saturated carbocycles. The summed E-state index contributed by atoms with van der Waals surface area (Å²) in [6.45, 7) is 4.48. The van der Waals surface area contributed by atoms with Crippen molar-refractivity contribution in [2.45, 2.75) is 83.6 Å². The number of unbranched alkanes of at least 4 members (excludes halogenated alkanes) is 5. The molecule has 1 rings (SSSR count). The van der Waals surface area contributed by atoms with Crippen molar-refractivity contribution in [3.8, 4) is 0 Å². The summed E-state index contributed by atoms with van der Waals surface area (Å²) in [5.74, 6) is -0.737. The Balaban J connectivity index is 2.56. The van der Waals surface area contributed by atoms with Gasteiger partial charge in [-0.15, -0.1) is 0 Å². The molecule has 0 fully saturated rings. The third-order valence-electron chi connectivity index (χ3n) is 5.39. The smallest absolute Gasteiger partial charge is 0.285 e. The van der Waals surface area contributed by atoms with E-state index >= 15 is 0 Å². The largest absolute Gasteiger partial charge is 0.383 e. The average molecular weight is 380 g/mol. The van der Waals surface area contributed by atoms with Gasteiger partial charge >= 0.3 is 0 Å². The summed E-state index contributed by atoms with van der Waals surface area (Å²) < 4.78 is 17.0. The lowest BCUT2D eigenvalue weighted by Crippen LogP contribution is -2.44. The molecule has 1 N–H and O–H groups in total. The number of rotatable bonds is 16. The van der Waals surface area contributed by atoms with Crippen LogP contribution in [0.15, 0.2) is 30.3 Å². The van der Waals surface area contributed by atoms with Gasteiger partial charge in [-0.1, -0.05) is 63.6 Å². The monoisotopic (exact) mass is 379 g/mol. The summed E-state index contributed by atoms with van der Waals surface area (Å²) in [5, 5.41) is 3.57. The lowest BCUT2D eigenvalue weighted by Gasteiger charge is -2.37. The zero-order valence-electron chi connectivity index (χ0n) is 18.1. The zero-order valence-corrected chi connectivity index (χ0v) is 18.1. The molecule has 0 spiro atoms. The highest BCUT2D eigenvalue weighted by molar-refractivity contribution is 5.43. The topological polar surface area (TPSA) is 39.7 Å². The van der Waals surface area contributed by atoms with Gasteiger partial charge in [-0.25, -0.2) is 0 Å². The van der Waals surface area contributed by atoms with Crippen LogP contribution in [-0.2, 0) is 14.2 Å². The molecule has 4 nitrogen and oxygen atoms in total. The highest BCUT2D eigenvalue weighted by atomic mass is 16.9. The van der Waals surface area contributed by atoms with Gasteiger partial charge in [0.15, 0.2) is 0 Å². The third kappa shape index (κ3) is 8.63. The summed E-state index contributed by atoms with van der Waals surface area (Å²) in [4.78, 5) is 0. The zero-order chi connectivity index (χ0) is 20.0. The van der Waals surface area contributed by atoms with Gasteiger partial charge in [-0.2, -0.15) is 0 Å². The lowest BCUT2D eigenvalue weighted by atomic mass is 9.91. The van der Waals surface area contributed by atoms with Gasteiger partial charge in [0.2, 0.25) is 0 Å². The van der Waals surface area contributed by atoms with Gasteiger partial charge in [0.25, 0.3) is 5.97 Å². The Morgan fingerprint density at radius 1 is 0.815 bits per heavy atom. The first-order valence-corrected chi connectivity index (χ1v) is 10.6. The van der Waals surface area contributed by atoms with Gasteiger partial charge in [-0.3, -0.25) is 0 Å². The van der Waals surface area contributed by atoms with E-state index in [0.29, 0.717) is 6.04 Å². The molecule has 0 aromatic heterocycles. The number of ether oxygens (including phenoxy) is 3. The van der Waals surface area contributed by atoms with Crippen LogP contribution in [0.2, 0.25) is 0 Å². The first-order valence-electron chi connectivity index (χ1n) is 10.6. The van der Waals surface area contributed by atoms with E-state index in [-0.39, 0.29) is 5.92 Å². The molecule has 1 aromatic rings. The Bertz CT molecular complexity index is 454. The lowest BCUT2D eigenvalue weighted by molar-refractivity contribution is -0.380. The van der Waals surface area contributed by atoms with E-state index in [0.717, 1.165) is 24.9 Å². The predicted molar refractivity (Wildman–Crippen MR) is 114 cm³/mol. The molecule has 156 valence electrons. The summed E-state index contributed by atoms with van der Waals surface area (Å²) in [6, 6.07) is 10.7. The van der Waals surface area contributed by atoms with Crippen molar-refractivity contribution >= 4 is 5.69 Å². The van der Waals surface area contributed by atoms with Gasteiger partial charge in [0, 0.05) is 39.0 Å². The molecular weight excluding hydrogens is 338 g/mol. The molecule has 1 aromatic carbocycles. The molecule has 4 heteroatoms. The number of para-hydroxylation sites is 1. The van der Waals surface area contributed by atoms with Crippen molar-refractivity contribution in [3.05, 3.63) is 30.3 Å². The van der Waals surface area contributed by atoms with E-state index in [1.807, 2.05) is 6.07 Å². The molecule has 0 aliphatic heterocycles. The van der Waals surface area contributed by atoms with Gasteiger partial charge < -0.3 is 19.5 Å². The first kappa shape index (κ1) is 23.9. The third-order valence-corrected chi connectivity index (χ3v) is 5.39. The number of benzene rings is 1. The fourth-order valence-corrected chi connectivity index (χ4v) is 3.76. The van der Waals surface area contributed by atoms with E-state index in [1.54, 1.807) is 21.3 Å². The number of anilines is 1. The second-order valence-electron chi connectivity index (χ2n) is 7.46. The maximum atomic E-state index is 5.68. The molecule has 2 unspecified atom stereocenters. The van der Waals surface area contributed by atoms with E-state index in [2.05, 4.69) is 43.4 Å². The molecule has 0 saturated heterocycles. The fourth-order valence-electron chi connectivity index (χ4n) is 3.76. The Hall–Kier alpha value is -1.10. The van der Waals surface area contributed by atoms with Gasteiger partial charge in [0.1, 0.15) is 0 Å². The quantitative estimate of drug-likeness (QED) is 0.273. The molecule has 0 radical (unpaired) electrons. The number of methoxy groups -OCH3 is 3. The first-order chi connectivity index (χ1) is 13.1. The number of hydrogen-bond acceptors (Lipinski definition) is 4. The minimum absolute atomic E-state index is 0.212. The summed E-state index contributed by atoms with van der Waals surface area (Å²) in [6.07, 6.45) is 10.8. The van der Waals surface area contributed by atoms with Crippen molar-refractivity contribution < 1.29 is 14.2 Å². The van der Waals surface area contributed by atoms with Crippen LogP contribution in [0.5, 0.6) is 0 Å². The molecule has 0 heterocycles. The summed E-state index contributed by atoms with van der Waals surface area (Å²) in [5.41, 5.74) is 1.16. The van der Waals surface area contributed by atoms with Crippen LogP contribution in [-0.4, -0.2) is 33.3 Å². The van der Waals surface area contributed by atoms with Crippen LogP contribution in [0.25, 0.3) is 0 Å². The van der Waals surface area contributed by atoms with E-state index < -0.39 is 5.97 Å². The fraction of sp³-hybridized carbons (Fsp3) is 0.739. The number of nitrogens with one attached hydrogen (secondary N) is 1. The van der Waals surface area contributed by atoms with E-state index in [4.69, 9.17) is 14.2 Å². The van der Waals surface area contributed by atoms with Crippen LogP contribution in [0.1, 0.15) is 71.6 Å². The average Bonchev–Trinajstić information content (AvgIpc) is 2.70. The Morgan fingerprint density at radius 2 is 1.41 bits per heavy atom. The van der Waals surface area contributed by atoms with Crippen LogP contribution in [0.4, 0.5) is 5.69 Å². The normalized spacial score (nSPS) is 14.1. The SMILES string of the molecule is CCCCCCCCC(CCC(C)Nc1ccccc1)C(OC)(OC)OC. The highest BCUT2D eigenvalue weighted by Crippen LogP contribution is 2.33. The summed E-state index contributed by atoms with van der Waals surface area (Å²) in [7, 11) is 5.02. The molecule has 0 aliphatic rings. The Kier molecular flexibility index (Phi) is 12.4. The maximum Gasteiger partial charge on any atom is 0.285 e. The Labute approximate surface area is 167 Å².